The second-order valence-corrected chi connectivity index (χ2v) is 7.93. The minimum atomic E-state index is -0.579. The molecule has 1 aromatic rings. The van der Waals surface area contributed by atoms with Crippen LogP contribution in [-0.4, -0.2) is 36.5 Å². The molecule has 2 aliphatic carbocycles. The second-order valence-electron chi connectivity index (χ2n) is 7.93. The topological polar surface area (TPSA) is 84.7 Å². The first-order chi connectivity index (χ1) is 12.5. The zero-order valence-corrected chi connectivity index (χ0v) is 15.2. The van der Waals surface area contributed by atoms with Crippen molar-refractivity contribution in [2.45, 2.75) is 57.2 Å². The number of ether oxygens (including phenoxy) is 1. The van der Waals surface area contributed by atoms with Gasteiger partial charge in [0.15, 0.2) is 6.10 Å². The van der Waals surface area contributed by atoms with Crippen molar-refractivity contribution in [3.8, 4) is 5.75 Å². The summed E-state index contributed by atoms with van der Waals surface area (Å²) in [6.07, 6.45) is 4.87. The van der Waals surface area contributed by atoms with E-state index in [4.69, 9.17) is 10.5 Å². The maximum absolute atomic E-state index is 12.8. The molecule has 3 aliphatic rings. The summed E-state index contributed by atoms with van der Waals surface area (Å²) < 4.78 is 5.64. The number of fused-ring (bicyclic) bond motifs is 3. The lowest BCUT2D eigenvalue weighted by Crippen LogP contribution is -2.56. The molecule has 2 saturated carbocycles. The molecule has 0 radical (unpaired) electrons. The quantitative estimate of drug-likeness (QED) is 0.864. The van der Waals surface area contributed by atoms with Crippen LogP contribution in [0.4, 0.5) is 5.69 Å². The SMILES string of the molecule is CC1Oc2ccccc2N(CC(=O)NC2C3CCCC2CC(N)C3)C1=O. The lowest BCUT2D eigenvalue weighted by Gasteiger charge is -2.45. The van der Waals surface area contributed by atoms with E-state index in [9.17, 15) is 9.59 Å². The number of nitrogens with two attached hydrogens (primary N) is 1. The van der Waals surface area contributed by atoms with E-state index < -0.39 is 6.10 Å². The third-order valence-electron chi connectivity index (χ3n) is 6.08. The Balaban J connectivity index is 1.47. The maximum Gasteiger partial charge on any atom is 0.268 e. The van der Waals surface area contributed by atoms with E-state index in [2.05, 4.69) is 5.32 Å². The lowest BCUT2D eigenvalue weighted by atomic mass is 9.67. The highest BCUT2D eigenvalue weighted by Crippen LogP contribution is 2.40. The third kappa shape index (κ3) is 3.18. The Morgan fingerprint density at radius 2 is 1.96 bits per heavy atom. The van der Waals surface area contributed by atoms with Gasteiger partial charge in [-0.1, -0.05) is 18.6 Å². The number of hydrogen-bond donors (Lipinski definition) is 2. The van der Waals surface area contributed by atoms with Crippen molar-refractivity contribution >= 4 is 17.5 Å². The number of carbonyl (C=O) groups excluding carboxylic acids is 2. The van der Waals surface area contributed by atoms with Crippen molar-refractivity contribution in [1.82, 2.24) is 5.32 Å². The van der Waals surface area contributed by atoms with Crippen molar-refractivity contribution in [3.05, 3.63) is 24.3 Å². The molecule has 3 N–H and O–H groups in total. The summed E-state index contributed by atoms with van der Waals surface area (Å²) in [6, 6.07) is 7.82. The highest BCUT2D eigenvalue weighted by molar-refractivity contribution is 6.03. The molecule has 3 unspecified atom stereocenters. The third-order valence-corrected chi connectivity index (χ3v) is 6.08. The van der Waals surface area contributed by atoms with E-state index in [1.165, 1.54) is 6.42 Å². The molecule has 2 amide bonds. The zero-order valence-electron chi connectivity index (χ0n) is 15.2. The number of para-hydroxylation sites is 2. The first-order valence-electron chi connectivity index (χ1n) is 9.65. The van der Waals surface area contributed by atoms with Crippen LogP contribution in [0.3, 0.4) is 0 Å². The number of carbonyl (C=O) groups is 2. The van der Waals surface area contributed by atoms with E-state index in [1.54, 1.807) is 11.8 Å². The number of rotatable bonds is 3. The van der Waals surface area contributed by atoms with Crippen LogP contribution in [0.5, 0.6) is 5.75 Å². The van der Waals surface area contributed by atoms with Crippen LogP contribution in [0.25, 0.3) is 0 Å². The molecule has 4 rings (SSSR count). The minimum Gasteiger partial charge on any atom is -0.479 e. The van der Waals surface area contributed by atoms with Crippen LogP contribution in [0.2, 0.25) is 0 Å². The van der Waals surface area contributed by atoms with Gasteiger partial charge in [0.2, 0.25) is 5.91 Å². The van der Waals surface area contributed by atoms with Gasteiger partial charge in [-0.2, -0.15) is 0 Å². The summed E-state index contributed by atoms with van der Waals surface area (Å²) in [5.74, 6) is 1.30. The van der Waals surface area contributed by atoms with E-state index in [0.29, 0.717) is 23.3 Å². The van der Waals surface area contributed by atoms with Crippen molar-refractivity contribution in [2.24, 2.45) is 17.6 Å². The monoisotopic (exact) mass is 357 g/mol. The molecule has 3 atom stereocenters. The number of amides is 2. The lowest BCUT2D eigenvalue weighted by molar-refractivity contribution is -0.129. The fourth-order valence-corrected chi connectivity index (χ4v) is 4.92. The minimum absolute atomic E-state index is 0.0333. The Hall–Kier alpha value is -2.08. The Bertz CT molecular complexity index is 693. The van der Waals surface area contributed by atoms with Crippen LogP contribution in [0, 0.1) is 11.8 Å². The molecule has 2 bridgehead atoms. The molecule has 1 aromatic carbocycles. The molecule has 6 nitrogen and oxygen atoms in total. The van der Waals surface area contributed by atoms with Gasteiger partial charge in [-0.25, -0.2) is 0 Å². The van der Waals surface area contributed by atoms with Gasteiger partial charge in [0, 0.05) is 12.1 Å². The number of anilines is 1. The van der Waals surface area contributed by atoms with Crippen molar-refractivity contribution in [1.29, 1.82) is 0 Å². The molecule has 6 heteroatoms. The molecule has 0 saturated heterocycles. The first-order valence-corrected chi connectivity index (χ1v) is 9.65. The second kappa shape index (κ2) is 6.91. The number of benzene rings is 1. The smallest absolute Gasteiger partial charge is 0.268 e. The number of nitrogens with one attached hydrogen (secondary N) is 1. The standard InChI is InChI=1S/C20H27N3O3/c1-12-20(25)23(16-7-2-3-8-17(16)26-12)11-18(24)22-19-13-5-4-6-14(19)10-15(21)9-13/h2-3,7-8,12-15,19H,4-6,9-11,21H2,1H3,(H,22,24). The summed E-state index contributed by atoms with van der Waals surface area (Å²) in [7, 11) is 0. The Labute approximate surface area is 154 Å². The van der Waals surface area contributed by atoms with Gasteiger partial charge >= 0.3 is 0 Å². The molecular formula is C20H27N3O3. The summed E-state index contributed by atoms with van der Waals surface area (Å²) in [5.41, 5.74) is 6.84. The predicted octanol–water partition coefficient (Wildman–Crippen LogP) is 1.82. The molecule has 1 heterocycles. The average molecular weight is 357 g/mol. The Kier molecular flexibility index (Phi) is 4.61. The highest BCUT2D eigenvalue weighted by Gasteiger charge is 2.40. The van der Waals surface area contributed by atoms with E-state index in [1.807, 2.05) is 24.3 Å². The highest BCUT2D eigenvalue weighted by atomic mass is 16.5. The predicted molar refractivity (Wildman–Crippen MR) is 98.9 cm³/mol. The van der Waals surface area contributed by atoms with E-state index in [-0.39, 0.29) is 30.4 Å². The van der Waals surface area contributed by atoms with Crippen molar-refractivity contribution in [3.63, 3.8) is 0 Å². The van der Waals surface area contributed by atoms with Crippen molar-refractivity contribution in [2.75, 3.05) is 11.4 Å². The summed E-state index contributed by atoms with van der Waals surface area (Å²) in [6.45, 7) is 1.75. The first kappa shape index (κ1) is 17.3. The molecule has 26 heavy (non-hydrogen) atoms. The zero-order chi connectivity index (χ0) is 18.3. The van der Waals surface area contributed by atoms with Gasteiger partial charge in [-0.05, 0) is 56.6 Å². The number of hydrogen-bond acceptors (Lipinski definition) is 4. The summed E-state index contributed by atoms with van der Waals surface area (Å²) in [5, 5.41) is 3.23. The fourth-order valence-electron chi connectivity index (χ4n) is 4.92. The summed E-state index contributed by atoms with van der Waals surface area (Å²) >= 11 is 0. The van der Waals surface area contributed by atoms with Crippen molar-refractivity contribution < 1.29 is 14.3 Å². The van der Waals surface area contributed by atoms with Gasteiger partial charge in [0.1, 0.15) is 12.3 Å². The van der Waals surface area contributed by atoms with Crippen LogP contribution in [0.15, 0.2) is 24.3 Å². The Morgan fingerprint density at radius 1 is 1.27 bits per heavy atom. The van der Waals surface area contributed by atoms with Crippen LogP contribution in [-0.2, 0) is 9.59 Å². The molecule has 0 spiro atoms. The van der Waals surface area contributed by atoms with Crippen LogP contribution in [0.1, 0.15) is 39.0 Å². The average Bonchev–Trinajstić information content (AvgIpc) is 2.60. The Morgan fingerprint density at radius 3 is 2.69 bits per heavy atom. The fraction of sp³-hybridized carbons (Fsp3) is 0.600. The van der Waals surface area contributed by atoms with E-state index in [0.717, 1.165) is 25.7 Å². The number of nitrogens with zero attached hydrogens (tertiary/aromatic N) is 1. The summed E-state index contributed by atoms with van der Waals surface area (Å²) in [4.78, 5) is 26.9. The van der Waals surface area contributed by atoms with Gasteiger partial charge in [0.05, 0.1) is 5.69 Å². The van der Waals surface area contributed by atoms with Gasteiger partial charge in [-0.3, -0.25) is 14.5 Å². The van der Waals surface area contributed by atoms with Gasteiger partial charge in [-0.15, -0.1) is 0 Å². The largest absolute Gasteiger partial charge is 0.479 e. The molecule has 140 valence electrons. The molecule has 2 fully saturated rings. The van der Waals surface area contributed by atoms with Gasteiger partial charge < -0.3 is 15.8 Å². The molecule has 0 aromatic heterocycles. The normalized spacial score (nSPS) is 33.2. The van der Waals surface area contributed by atoms with Crippen LogP contribution >= 0.6 is 0 Å². The van der Waals surface area contributed by atoms with E-state index >= 15 is 0 Å². The maximum atomic E-state index is 12.8. The van der Waals surface area contributed by atoms with Gasteiger partial charge in [0.25, 0.3) is 5.91 Å². The molecular weight excluding hydrogens is 330 g/mol. The molecule has 1 aliphatic heterocycles. The van der Waals surface area contributed by atoms with Crippen LogP contribution < -0.4 is 20.7 Å².